The van der Waals surface area contributed by atoms with Gasteiger partial charge < -0.3 is 15.7 Å². The predicted molar refractivity (Wildman–Crippen MR) is 89.1 cm³/mol. The molecule has 22 heavy (non-hydrogen) atoms. The minimum Gasteiger partial charge on any atom is -0.391 e. The number of hydrogen-bond acceptors (Lipinski definition) is 4. The van der Waals surface area contributed by atoms with E-state index in [9.17, 15) is 5.11 Å². The SMILES string of the molecule is Cl.OC1CNCC1CNCc1cnn(Cc2ccccc2)c1. The van der Waals surface area contributed by atoms with Crippen LogP contribution in [0, 0.1) is 5.92 Å². The van der Waals surface area contributed by atoms with Crippen LogP contribution in [0.3, 0.4) is 0 Å². The maximum atomic E-state index is 9.74. The second-order valence-corrected chi connectivity index (χ2v) is 5.65. The Morgan fingerprint density at radius 2 is 2.05 bits per heavy atom. The summed E-state index contributed by atoms with van der Waals surface area (Å²) < 4.78 is 1.96. The van der Waals surface area contributed by atoms with Gasteiger partial charge >= 0.3 is 0 Å². The molecule has 1 aliphatic rings. The second-order valence-electron chi connectivity index (χ2n) is 5.65. The quantitative estimate of drug-likeness (QED) is 0.743. The fraction of sp³-hybridized carbons (Fsp3) is 0.438. The lowest BCUT2D eigenvalue weighted by atomic mass is 10.1. The van der Waals surface area contributed by atoms with E-state index in [4.69, 9.17) is 0 Å². The molecule has 5 nitrogen and oxygen atoms in total. The molecular formula is C16H23ClN4O. The molecule has 0 aliphatic carbocycles. The Morgan fingerprint density at radius 1 is 1.23 bits per heavy atom. The van der Waals surface area contributed by atoms with Crippen LogP contribution in [0.25, 0.3) is 0 Å². The van der Waals surface area contributed by atoms with Crippen LogP contribution < -0.4 is 10.6 Å². The van der Waals surface area contributed by atoms with Crippen molar-refractivity contribution in [2.75, 3.05) is 19.6 Å². The third kappa shape index (κ3) is 4.55. The number of benzene rings is 1. The zero-order valence-electron chi connectivity index (χ0n) is 12.5. The standard InChI is InChI=1S/C16H22N4O.ClH/c21-16-10-18-9-15(16)8-17-6-14-7-19-20(12-14)11-13-4-2-1-3-5-13;/h1-5,7,12,15-18,21H,6,8-11H2;1H. The molecule has 1 aromatic heterocycles. The summed E-state index contributed by atoms with van der Waals surface area (Å²) in [4.78, 5) is 0. The number of aliphatic hydroxyl groups is 1. The fourth-order valence-electron chi connectivity index (χ4n) is 2.68. The summed E-state index contributed by atoms with van der Waals surface area (Å²) in [6.45, 7) is 4.02. The van der Waals surface area contributed by atoms with Gasteiger partial charge in [-0.25, -0.2) is 0 Å². The molecule has 0 amide bonds. The summed E-state index contributed by atoms with van der Waals surface area (Å²) >= 11 is 0. The van der Waals surface area contributed by atoms with Crippen molar-refractivity contribution in [1.82, 2.24) is 20.4 Å². The predicted octanol–water partition coefficient (Wildman–Crippen LogP) is 1.02. The molecule has 2 heterocycles. The minimum absolute atomic E-state index is 0. The molecule has 6 heteroatoms. The molecule has 1 fully saturated rings. The first-order valence-electron chi connectivity index (χ1n) is 7.46. The topological polar surface area (TPSA) is 62.1 Å². The Morgan fingerprint density at radius 3 is 2.77 bits per heavy atom. The first-order chi connectivity index (χ1) is 10.3. The van der Waals surface area contributed by atoms with Crippen LogP contribution in [0.1, 0.15) is 11.1 Å². The van der Waals surface area contributed by atoms with Crippen molar-refractivity contribution < 1.29 is 5.11 Å². The molecule has 0 spiro atoms. The van der Waals surface area contributed by atoms with Crippen LogP contribution in [-0.2, 0) is 13.1 Å². The highest BCUT2D eigenvalue weighted by atomic mass is 35.5. The summed E-state index contributed by atoms with van der Waals surface area (Å²) in [7, 11) is 0. The van der Waals surface area contributed by atoms with Gasteiger partial charge in [-0.2, -0.15) is 5.10 Å². The van der Waals surface area contributed by atoms with E-state index < -0.39 is 0 Å². The largest absolute Gasteiger partial charge is 0.391 e. The molecule has 2 unspecified atom stereocenters. The van der Waals surface area contributed by atoms with E-state index >= 15 is 0 Å². The van der Waals surface area contributed by atoms with Crippen molar-refractivity contribution >= 4 is 12.4 Å². The molecule has 3 N–H and O–H groups in total. The Bertz CT molecular complexity index is 560. The van der Waals surface area contributed by atoms with Gasteiger partial charge in [-0.05, 0) is 5.56 Å². The van der Waals surface area contributed by atoms with Gasteiger partial charge in [0.25, 0.3) is 0 Å². The summed E-state index contributed by atoms with van der Waals surface area (Å²) in [5.41, 5.74) is 2.42. The second kappa shape index (κ2) is 8.29. The van der Waals surface area contributed by atoms with Crippen molar-refractivity contribution in [2.45, 2.75) is 19.2 Å². The highest BCUT2D eigenvalue weighted by Crippen LogP contribution is 2.08. The smallest absolute Gasteiger partial charge is 0.0716 e. The molecule has 120 valence electrons. The van der Waals surface area contributed by atoms with Gasteiger partial charge in [0.05, 0.1) is 18.8 Å². The molecule has 1 aliphatic heterocycles. The first kappa shape index (κ1) is 17.0. The van der Waals surface area contributed by atoms with Crippen LogP contribution in [0.15, 0.2) is 42.7 Å². The van der Waals surface area contributed by atoms with Gasteiger partial charge in [0.1, 0.15) is 0 Å². The van der Waals surface area contributed by atoms with Crippen LogP contribution in [0.2, 0.25) is 0 Å². The summed E-state index contributed by atoms with van der Waals surface area (Å²) in [5, 5.41) is 20.7. The lowest BCUT2D eigenvalue weighted by Gasteiger charge is -2.13. The molecular weight excluding hydrogens is 300 g/mol. The van der Waals surface area contributed by atoms with Crippen molar-refractivity contribution in [3.8, 4) is 0 Å². The van der Waals surface area contributed by atoms with Crippen molar-refractivity contribution in [3.05, 3.63) is 53.9 Å². The highest BCUT2D eigenvalue weighted by molar-refractivity contribution is 5.85. The zero-order valence-corrected chi connectivity index (χ0v) is 13.3. The fourth-order valence-corrected chi connectivity index (χ4v) is 2.68. The lowest BCUT2D eigenvalue weighted by Crippen LogP contribution is -2.30. The van der Waals surface area contributed by atoms with Gasteiger partial charge in [0.15, 0.2) is 0 Å². The highest BCUT2D eigenvalue weighted by Gasteiger charge is 2.23. The number of aliphatic hydroxyl groups excluding tert-OH is 1. The number of β-amino-alcohol motifs (C(OH)–C–C–N with tert-alkyl or cyclic N) is 1. The van der Waals surface area contributed by atoms with Crippen molar-refractivity contribution in [1.29, 1.82) is 0 Å². The molecule has 2 atom stereocenters. The average Bonchev–Trinajstić information content (AvgIpc) is 3.10. The van der Waals surface area contributed by atoms with E-state index in [-0.39, 0.29) is 18.5 Å². The lowest BCUT2D eigenvalue weighted by molar-refractivity contribution is 0.146. The Balaban J connectivity index is 0.00000176. The normalized spacial score (nSPS) is 20.8. The van der Waals surface area contributed by atoms with E-state index in [2.05, 4.69) is 34.1 Å². The van der Waals surface area contributed by atoms with E-state index in [1.54, 1.807) is 0 Å². The number of rotatable bonds is 6. The summed E-state index contributed by atoms with van der Waals surface area (Å²) in [6.07, 6.45) is 3.75. The van der Waals surface area contributed by atoms with E-state index in [0.29, 0.717) is 12.5 Å². The van der Waals surface area contributed by atoms with E-state index in [1.807, 2.05) is 29.1 Å². The van der Waals surface area contributed by atoms with Crippen LogP contribution in [0.5, 0.6) is 0 Å². The van der Waals surface area contributed by atoms with E-state index in [1.165, 1.54) is 11.1 Å². The zero-order chi connectivity index (χ0) is 14.5. The molecule has 3 rings (SSSR count). The Labute approximate surface area is 137 Å². The molecule has 0 radical (unpaired) electrons. The molecule has 0 bridgehead atoms. The number of aromatic nitrogens is 2. The maximum Gasteiger partial charge on any atom is 0.0716 e. The van der Waals surface area contributed by atoms with Gasteiger partial charge in [0.2, 0.25) is 0 Å². The van der Waals surface area contributed by atoms with Gasteiger partial charge in [0, 0.05) is 43.9 Å². The molecule has 1 saturated heterocycles. The number of hydrogen-bond donors (Lipinski definition) is 3. The van der Waals surface area contributed by atoms with Gasteiger partial charge in [-0.3, -0.25) is 4.68 Å². The molecule has 1 aromatic carbocycles. The van der Waals surface area contributed by atoms with Gasteiger partial charge in [-0.15, -0.1) is 12.4 Å². The minimum atomic E-state index is -0.224. The van der Waals surface area contributed by atoms with Gasteiger partial charge in [-0.1, -0.05) is 30.3 Å². The monoisotopic (exact) mass is 322 g/mol. The van der Waals surface area contributed by atoms with Crippen molar-refractivity contribution in [2.24, 2.45) is 5.92 Å². The Kier molecular flexibility index (Phi) is 6.39. The van der Waals surface area contributed by atoms with Crippen LogP contribution in [0.4, 0.5) is 0 Å². The Hall–Kier alpha value is -1.40. The van der Waals surface area contributed by atoms with Crippen molar-refractivity contribution in [3.63, 3.8) is 0 Å². The maximum absolute atomic E-state index is 9.74. The third-order valence-electron chi connectivity index (χ3n) is 3.91. The summed E-state index contributed by atoms with van der Waals surface area (Å²) in [5.74, 6) is 0.310. The third-order valence-corrected chi connectivity index (χ3v) is 3.91. The van der Waals surface area contributed by atoms with E-state index in [0.717, 1.165) is 26.2 Å². The van der Waals surface area contributed by atoms with Crippen LogP contribution >= 0.6 is 12.4 Å². The average molecular weight is 323 g/mol. The summed E-state index contributed by atoms with van der Waals surface area (Å²) in [6, 6.07) is 10.3. The number of halogens is 1. The molecule has 0 saturated carbocycles. The number of nitrogens with one attached hydrogen (secondary N) is 2. The van der Waals surface area contributed by atoms with Crippen LogP contribution in [-0.4, -0.2) is 40.6 Å². The molecule has 2 aromatic rings. The number of nitrogens with zero attached hydrogens (tertiary/aromatic N) is 2. The first-order valence-corrected chi connectivity index (χ1v) is 7.46.